The van der Waals surface area contributed by atoms with Gasteiger partial charge in [-0.15, -0.1) is 0 Å². The average Bonchev–Trinajstić information content (AvgIpc) is 2.97. The molecule has 0 atom stereocenters. The molecule has 1 heterocycles. The number of aromatic nitrogens is 1. The molecule has 5 heteroatoms. The highest BCUT2D eigenvalue weighted by Crippen LogP contribution is 2.29. The second kappa shape index (κ2) is 6.87. The normalized spacial score (nSPS) is 10.5. The van der Waals surface area contributed by atoms with Crippen molar-refractivity contribution in [3.8, 4) is 11.6 Å². The number of hydrogen-bond donors (Lipinski definition) is 1. The number of ether oxygens (including phenoxy) is 3. The molecule has 0 bridgehead atoms. The van der Waals surface area contributed by atoms with Crippen LogP contribution in [0.15, 0.2) is 54.6 Å². The fourth-order valence-corrected chi connectivity index (χ4v) is 2.25. The van der Waals surface area contributed by atoms with Crippen LogP contribution in [-0.2, 0) is 11.3 Å². The number of aromatic amines is 1. The van der Waals surface area contributed by atoms with Crippen molar-refractivity contribution in [2.45, 2.75) is 13.5 Å². The number of fused-ring (bicyclic) bond motifs is 1. The van der Waals surface area contributed by atoms with Gasteiger partial charge in [-0.1, -0.05) is 42.5 Å². The first-order valence-electron chi connectivity index (χ1n) is 7.39. The highest BCUT2D eigenvalue weighted by molar-refractivity contribution is 5.87. The summed E-state index contributed by atoms with van der Waals surface area (Å²) in [6.45, 7) is 2.46. The average molecular weight is 311 g/mol. The van der Waals surface area contributed by atoms with Gasteiger partial charge >= 0.3 is 6.16 Å². The zero-order chi connectivity index (χ0) is 16.1. The Bertz CT molecular complexity index is 795. The minimum Gasteiger partial charge on any atom is -0.487 e. The molecule has 23 heavy (non-hydrogen) atoms. The van der Waals surface area contributed by atoms with Crippen LogP contribution in [0.2, 0.25) is 0 Å². The van der Waals surface area contributed by atoms with Gasteiger partial charge in [0.2, 0.25) is 5.88 Å². The van der Waals surface area contributed by atoms with Crippen molar-refractivity contribution in [2.24, 2.45) is 0 Å². The van der Waals surface area contributed by atoms with Gasteiger partial charge < -0.3 is 19.2 Å². The van der Waals surface area contributed by atoms with Gasteiger partial charge in [0.15, 0.2) is 0 Å². The van der Waals surface area contributed by atoms with Crippen molar-refractivity contribution in [2.75, 3.05) is 6.61 Å². The molecule has 0 saturated carbocycles. The topological polar surface area (TPSA) is 60.6 Å². The lowest BCUT2D eigenvalue weighted by molar-refractivity contribution is 0.103. The van der Waals surface area contributed by atoms with Crippen LogP contribution in [0.5, 0.6) is 11.6 Å². The minimum atomic E-state index is -0.731. The Labute approximate surface area is 133 Å². The monoisotopic (exact) mass is 311 g/mol. The Morgan fingerprint density at radius 2 is 1.91 bits per heavy atom. The molecule has 3 aromatic rings. The van der Waals surface area contributed by atoms with Crippen molar-refractivity contribution in [1.82, 2.24) is 4.98 Å². The van der Waals surface area contributed by atoms with E-state index in [4.69, 9.17) is 14.2 Å². The van der Waals surface area contributed by atoms with Gasteiger partial charge in [-0.05, 0) is 18.6 Å². The van der Waals surface area contributed by atoms with Crippen LogP contribution in [-0.4, -0.2) is 17.7 Å². The molecule has 0 fully saturated rings. The van der Waals surface area contributed by atoms with E-state index in [1.54, 1.807) is 13.0 Å². The van der Waals surface area contributed by atoms with Crippen LogP contribution in [0.4, 0.5) is 4.79 Å². The van der Waals surface area contributed by atoms with Crippen LogP contribution in [0.25, 0.3) is 10.9 Å². The van der Waals surface area contributed by atoms with E-state index >= 15 is 0 Å². The fraction of sp³-hybridized carbons (Fsp3) is 0.167. The first-order valence-corrected chi connectivity index (χ1v) is 7.39. The Balaban J connectivity index is 1.78. The lowest BCUT2D eigenvalue weighted by Crippen LogP contribution is -2.10. The van der Waals surface area contributed by atoms with Crippen LogP contribution >= 0.6 is 0 Å². The molecule has 0 aliphatic carbocycles. The molecule has 0 unspecified atom stereocenters. The quantitative estimate of drug-likeness (QED) is 0.714. The van der Waals surface area contributed by atoms with Gasteiger partial charge in [0.25, 0.3) is 0 Å². The number of rotatable bonds is 5. The fourth-order valence-electron chi connectivity index (χ4n) is 2.25. The minimum absolute atomic E-state index is 0.268. The van der Waals surface area contributed by atoms with E-state index in [1.807, 2.05) is 48.5 Å². The smallest absolute Gasteiger partial charge is 0.487 e. The lowest BCUT2D eigenvalue weighted by atomic mass is 10.2. The highest BCUT2D eigenvalue weighted by Gasteiger charge is 2.11. The summed E-state index contributed by atoms with van der Waals surface area (Å²) in [6, 6.07) is 17.3. The molecule has 0 radical (unpaired) electrons. The number of carbonyl (C=O) groups is 1. The third-order valence-electron chi connectivity index (χ3n) is 3.29. The molecule has 0 aliphatic heterocycles. The Morgan fingerprint density at radius 3 is 2.70 bits per heavy atom. The van der Waals surface area contributed by atoms with Gasteiger partial charge in [-0.25, -0.2) is 4.79 Å². The summed E-state index contributed by atoms with van der Waals surface area (Å²) in [4.78, 5) is 14.4. The van der Waals surface area contributed by atoms with Crippen molar-refractivity contribution >= 4 is 17.1 Å². The van der Waals surface area contributed by atoms with E-state index in [9.17, 15) is 4.79 Å². The third-order valence-corrected chi connectivity index (χ3v) is 3.29. The van der Waals surface area contributed by atoms with E-state index in [0.29, 0.717) is 18.2 Å². The second-order valence-corrected chi connectivity index (χ2v) is 4.91. The molecule has 0 amide bonds. The van der Waals surface area contributed by atoms with Crippen LogP contribution in [0.3, 0.4) is 0 Å². The van der Waals surface area contributed by atoms with Crippen molar-refractivity contribution in [3.63, 3.8) is 0 Å². The molecule has 0 spiro atoms. The SMILES string of the molecule is CCOC(=O)Oc1cc2cccc(OCc3ccccc3)c2[nH]1. The van der Waals surface area contributed by atoms with Crippen LogP contribution in [0.1, 0.15) is 12.5 Å². The predicted octanol–water partition coefficient (Wildman–Crippen LogP) is 4.28. The first-order chi connectivity index (χ1) is 11.3. The van der Waals surface area contributed by atoms with Gasteiger partial charge in [0, 0.05) is 11.5 Å². The van der Waals surface area contributed by atoms with E-state index in [-0.39, 0.29) is 6.61 Å². The molecule has 3 rings (SSSR count). The maximum atomic E-state index is 11.4. The van der Waals surface area contributed by atoms with Crippen molar-refractivity contribution in [3.05, 3.63) is 60.2 Å². The molecule has 0 saturated heterocycles. The van der Waals surface area contributed by atoms with Crippen LogP contribution in [0, 0.1) is 0 Å². The molecule has 1 N–H and O–H groups in total. The Kier molecular flexibility index (Phi) is 4.47. The number of hydrogen-bond acceptors (Lipinski definition) is 4. The first kappa shape index (κ1) is 15.0. The molecular formula is C18H17NO4. The molecule has 118 valence electrons. The largest absolute Gasteiger partial charge is 0.515 e. The van der Waals surface area contributed by atoms with Crippen molar-refractivity contribution in [1.29, 1.82) is 0 Å². The third kappa shape index (κ3) is 3.63. The predicted molar refractivity (Wildman–Crippen MR) is 86.7 cm³/mol. The molecule has 2 aromatic carbocycles. The summed E-state index contributed by atoms with van der Waals surface area (Å²) in [5, 5.41) is 0.898. The number of nitrogens with one attached hydrogen (secondary N) is 1. The van der Waals surface area contributed by atoms with E-state index in [1.165, 1.54) is 0 Å². The zero-order valence-corrected chi connectivity index (χ0v) is 12.7. The summed E-state index contributed by atoms with van der Waals surface area (Å²) in [5.41, 5.74) is 1.86. The summed E-state index contributed by atoms with van der Waals surface area (Å²) >= 11 is 0. The zero-order valence-electron chi connectivity index (χ0n) is 12.7. The van der Waals surface area contributed by atoms with Crippen molar-refractivity contribution < 1.29 is 19.0 Å². The van der Waals surface area contributed by atoms with Crippen LogP contribution < -0.4 is 9.47 Å². The standard InChI is InChI=1S/C18H17NO4/c1-2-21-18(20)23-16-11-14-9-6-10-15(17(14)19-16)22-12-13-7-4-3-5-8-13/h3-11,19H,2,12H2,1H3. The number of para-hydroxylation sites is 1. The van der Waals surface area contributed by atoms with E-state index in [2.05, 4.69) is 4.98 Å². The number of benzene rings is 2. The Morgan fingerprint density at radius 1 is 1.09 bits per heavy atom. The second-order valence-electron chi connectivity index (χ2n) is 4.91. The van der Waals surface area contributed by atoms with Gasteiger partial charge in [-0.2, -0.15) is 0 Å². The van der Waals surface area contributed by atoms with E-state index < -0.39 is 6.16 Å². The van der Waals surface area contributed by atoms with Gasteiger partial charge in [0.1, 0.15) is 12.4 Å². The van der Waals surface area contributed by atoms with E-state index in [0.717, 1.165) is 16.5 Å². The highest BCUT2D eigenvalue weighted by atomic mass is 16.7. The maximum Gasteiger partial charge on any atom is 0.515 e. The molecular weight excluding hydrogens is 294 g/mol. The number of H-pyrrole nitrogens is 1. The maximum absolute atomic E-state index is 11.4. The summed E-state index contributed by atoms with van der Waals surface area (Å²) in [7, 11) is 0. The Hall–Kier alpha value is -2.95. The molecule has 5 nitrogen and oxygen atoms in total. The lowest BCUT2D eigenvalue weighted by Gasteiger charge is -2.07. The molecule has 0 aliphatic rings. The summed E-state index contributed by atoms with van der Waals surface area (Å²) in [5.74, 6) is 1.03. The summed E-state index contributed by atoms with van der Waals surface area (Å²) in [6.07, 6.45) is -0.731. The van der Waals surface area contributed by atoms with Gasteiger partial charge in [-0.3, -0.25) is 0 Å². The number of carbonyl (C=O) groups excluding carboxylic acids is 1. The summed E-state index contributed by atoms with van der Waals surface area (Å²) < 4.78 is 15.7. The molecule has 1 aromatic heterocycles. The van der Waals surface area contributed by atoms with Gasteiger partial charge in [0.05, 0.1) is 12.1 Å².